The van der Waals surface area contributed by atoms with Crippen molar-refractivity contribution in [1.29, 1.82) is 0 Å². The zero-order valence-corrected chi connectivity index (χ0v) is 11.0. The summed E-state index contributed by atoms with van der Waals surface area (Å²) in [6.07, 6.45) is 0.343. The third kappa shape index (κ3) is 2.25. The zero-order chi connectivity index (χ0) is 13.4. The maximum atomic E-state index is 11.7. The lowest BCUT2D eigenvalue weighted by Crippen LogP contribution is -2.37. The summed E-state index contributed by atoms with van der Waals surface area (Å²) in [7, 11) is 1.80. The number of rotatable bonds is 2. The molecule has 3 rings (SSSR count). The summed E-state index contributed by atoms with van der Waals surface area (Å²) in [5.74, 6) is 0.123. The van der Waals surface area contributed by atoms with E-state index >= 15 is 0 Å². The van der Waals surface area contributed by atoms with Gasteiger partial charge in [0.2, 0.25) is 5.91 Å². The lowest BCUT2D eigenvalue weighted by molar-refractivity contribution is -0.117. The summed E-state index contributed by atoms with van der Waals surface area (Å²) in [6, 6.07) is 5.72. The number of nitrogens with zero attached hydrogens (tertiary/aromatic N) is 1. The Labute approximate surface area is 112 Å². The van der Waals surface area contributed by atoms with Crippen LogP contribution in [-0.2, 0) is 20.7 Å². The molecule has 1 aromatic carbocycles. The average molecular weight is 262 g/mol. The summed E-state index contributed by atoms with van der Waals surface area (Å²) < 4.78 is 11.0. The molecule has 19 heavy (non-hydrogen) atoms. The van der Waals surface area contributed by atoms with Crippen LogP contribution in [0.1, 0.15) is 17.2 Å². The molecular formula is C14H18N2O3. The van der Waals surface area contributed by atoms with Gasteiger partial charge in [-0.05, 0) is 17.2 Å². The SMILES string of the molecule is CN1C(=O)Cc2cc(C(N)C3COCCO3)ccc21. The van der Waals surface area contributed by atoms with Gasteiger partial charge in [-0.3, -0.25) is 4.79 Å². The van der Waals surface area contributed by atoms with E-state index < -0.39 is 0 Å². The second-order valence-electron chi connectivity index (χ2n) is 5.03. The molecule has 1 aromatic rings. The maximum absolute atomic E-state index is 11.7. The van der Waals surface area contributed by atoms with Gasteiger partial charge >= 0.3 is 0 Å². The number of fused-ring (bicyclic) bond motifs is 1. The van der Waals surface area contributed by atoms with Crippen LogP contribution >= 0.6 is 0 Å². The highest BCUT2D eigenvalue weighted by molar-refractivity contribution is 6.00. The number of benzene rings is 1. The summed E-state index contributed by atoms with van der Waals surface area (Å²) in [6.45, 7) is 1.74. The molecule has 1 amide bonds. The van der Waals surface area contributed by atoms with E-state index in [-0.39, 0.29) is 18.1 Å². The number of ether oxygens (including phenoxy) is 2. The van der Waals surface area contributed by atoms with Crippen molar-refractivity contribution in [3.63, 3.8) is 0 Å². The van der Waals surface area contributed by atoms with Gasteiger partial charge in [0.25, 0.3) is 0 Å². The van der Waals surface area contributed by atoms with Crippen molar-refractivity contribution in [2.75, 3.05) is 31.8 Å². The predicted octanol–water partition coefficient (Wildman–Crippen LogP) is 0.621. The smallest absolute Gasteiger partial charge is 0.231 e. The van der Waals surface area contributed by atoms with Gasteiger partial charge in [0.15, 0.2) is 0 Å². The molecule has 1 saturated heterocycles. The van der Waals surface area contributed by atoms with Crippen LogP contribution < -0.4 is 10.6 Å². The second-order valence-corrected chi connectivity index (χ2v) is 5.03. The van der Waals surface area contributed by atoms with E-state index in [0.717, 1.165) is 16.8 Å². The van der Waals surface area contributed by atoms with E-state index in [1.807, 2.05) is 18.2 Å². The second kappa shape index (κ2) is 4.92. The van der Waals surface area contributed by atoms with Gasteiger partial charge in [-0.1, -0.05) is 12.1 Å². The molecule has 2 N–H and O–H groups in total. The molecule has 0 spiro atoms. The Balaban J connectivity index is 1.82. The Bertz CT molecular complexity index is 497. The fourth-order valence-electron chi connectivity index (χ4n) is 2.63. The first-order valence-corrected chi connectivity index (χ1v) is 6.51. The van der Waals surface area contributed by atoms with Crippen molar-refractivity contribution in [1.82, 2.24) is 0 Å². The fourth-order valence-corrected chi connectivity index (χ4v) is 2.63. The Morgan fingerprint density at radius 2 is 2.26 bits per heavy atom. The number of carbonyl (C=O) groups excluding carboxylic acids is 1. The van der Waals surface area contributed by atoms with Crippen molar-refractivity contribution < 1.29 is 14.3 Å². The largest absolute Gasteiger partial charge is 0.376 e. The maximum Gasteiger partial charge on any atom is 0.231 e. The monoisotopic (exact) mass is 262 g/mol. The van der Waals surface area contributed by atoms with Crippen molar-refractivity contribution in [3.05, 3.63) is 29.3 Å². The van der Waals surface area contributed by atoms with Crippen LogP contribution in [0.25, 0.3) is 0 Å². The Morgan fingerprint density at radius 1 is 1.42 bits per heavy atom. The van der Waals surface area contributed by atoms with Crippen LogP contribution in [0.5, 0.6) is 0 Å². The highest BCUT2D eigenvalue weighted by Gasteiger charge is 2.27. The van der Waals surface area contributed by atoms with Crippen LogP contribution in [0.15, 0.2) is 18.2 Å². The van der Waals surface area contributed by atoms with Crippen molar-refractivity contribution in [2.24, 2.45) is 5.73 Å². The van der Waals surface area contributed by atoms with Gasteiger partial charge in [-0.15, -0.1) is 0 Å². The van der Waals surface area contributed by atoms with Crippen LogP contribution in [0.4, 0.5) is 5.69 Å². The number of carbonyl (C=O) groups is 1. The first-order chi connectivity index (χ1) is 9.16. The molecule has 2 aliphatic rings. The highest BCUT2D eigenvalue weighted by atomic mass is 16.6. The van der Waals surface area contributed by atoms with E-state index in [4.69, 9.17) is 15.2 Å². The molecule has 2 atom stereocenters. The van der Waals surface area contributed by atoms with Crippen LogP contribution in [0, 0.1) is 0 Å². The minimum absolute atomic E-state index is 0.110. The van der Waals surface area contributed by atoms with Crippen LogP contribution in [-0.4, -0.2) is 38.9 Å². The number of likely N-dealkylation sites (N-methyl/N-ethyl adjacent to an activating group) is 1. The third-order valence-electron chi connectivity index (χ3n) is 3.81. The number of nitrogens with two attached hydrogens (primary N) is 1. The molecule has 1 fully saturated rings. The van der Waals surface area contributed by atoms with Crippen LogP contribution in [0.3, 0.4) is 0 Å². The van der Waals surface area contributed by atoms with E-state index in [9.17, 15) is 4.79 Å². The molecule has 0 radical (unpaired) electrons. The Hall–Kier alpha value is -1.43. The zero-order valence-electron chi connectivity index (χ0n) is 11.0. The Kier molecular flexibility index (Phi) is 3.26. The predicted molar refractivity (Wildman–Crippen MR) is 71.0 cm³/mol. The number of anilines is 1. The molecule has 2 heterocycles. The van der Waals surface area contributed by atoms with Gasteiger partial charge < -0.3 is 20.1 Å². The molecule has 2 aliphatic heterocycles. The van der Waals surface area contributed by atoms with E-state index in [2.05, 4.69) is 0 Å². The molecule has 0 bridgehead atoms. The number of amides is 1. The summed E-state index contributed by atoms with van der Waals surface area (Å²) in [5, 5.41) is 0. The van der Waals surface area contributed by atoms with Gasteiger partial charge in [-0.25, -0.2) is 0 Å². The average Bonchev–Trinajstić information content (AvgIpc) is 2.74. The molecule has 0 aliphatic carbocycles. The van der Waals surface area contributed by atoms with E-state index in [1.165, 1.54) is 0 Å². The van der Waals surface area contributed by atoms with Gasteiger partial charge in [0.1, 0.15) is 6.10 Å². The molecule has 5 nitrogen and oxygen atoms in total. The lowest BCUT2D eigenvalue weighted by atomic mass is 9.99. The molecule has 5 heteroatoms. The minimum atomic E-state index is -0.216. The third-order valence-corrected chi connectivity index (χ3v) is 3.81. The Morgan fingerprint density at radius 3 is 3.00 bits per heavy atom. The molecule has 0 saturated carbocycles. The molecule has 2 unspecified atom stereocenters. The van der Waals surface area contributed by atoms with Gasteiger partial charge in [-0.2, -0.15) is 0 Å². The number of hydrogen-bond donors (Lipinski definition) is 1. The lowest BCUT2D eigenvalue weighted by Gasteiger charge is -2.28. The van der Waals surface area contributed by atoms with Crippen molar-refractivity contribution >= 4 is 11.6 Å². The van der Waals surface area contributed by atoms with E-state index in [1.54, 1.807) is 11.9 Å². The fraction of sp³-hybridized carbons (Fsp3) is 0.500. The molecule has 102 valence electrons. The first kappa shape index (κ1) is 12.6. The van der Waals surface area contributed by atoms with Gasteiger partial charge in [0.05, 0.1) is 32.3 Å². The van der Waals surface area contributed by atoms with Gasteiger partial charge in [0, 0.05) is 12.7 Å². The van der Waals surface area contributed by atoms with Crippen LogP contribution in [0.2, 0.25) is 0 Å². The number of hydrogen-bond acceptors (Lipinski definition) is 4. The normalized spacial score (nSPS) is 24.4. The van der Waals surface area contributed by atoms with Crippen molar-refractivity contribution in [2.45, 2.75) is 18.6 Å². The topological polar surface area (TPSA) is 64.8 Å². The quantitative estimate of drug-likeness (QED) is 0.848. The standard InChI is InChI=1S/C14H18N2O3/c1-16-11-3-2-9(6-10(11)7-13(16)17)14(15)12-8-18-4-5-19-12/h2-3,6,12,14H,4-5,7-8,15H2,1H3. The molecular weight excluding hydrogens is 244 g/mol. The summed E-state index contributed by atoms with van der Waals surface area (Å²) in [4.78, 5) is 13.3. The minimum Gasteiger partial charge on any atom is -0.376 e. The first-order valence-electron chi connectivity index (χ1n) is 6.51. The highest BCUT2D eigenvalue weighted by Crippen LogP contribution is 2.31. The summed E-state index contributed by atoms with van der Waals surface area (Å²) >= 11 is 0. The van der Waals surface area contributed by atoms with E-state index in [0.29, 0.717) is 26.2 Å². The molecule has 0 aromatic heterocycles. The van der Waals surface area contributed by atoms with Crippen molar-refractivity contribution in [3.8, 4) is 0 Å². The summed E-state index contributed by atoms with van der Waals surface area (Å²) in [5.41, 5.74) is 9.24.